The van der Waals surface area contributed by atoms with Gasteiger partial charge >= 0.3 is 0 Å². The number of Topliss-reactive ketones (excluding diaryl/α,β-unsaturated/α-hetero) is 1. The van der Waals surface area contributed by atoms with Gasteiger partial charge in [0, 0.05) is 22.6 Å². The number of rotatable bonds is 4. The van der Waals surface area contributed by atoms with Crippen LogP contribution in [0, 0.1) is 20.8 Å². The Hall–Kier alpha value is -2.37. The van der Waals surface area contributed by atoms with Crippen LogP contribution in [0.15, 0.2) is 41.3 Å². The molecule has 0 aliphatic carbocycles. The van der Waals surface area contributed by atoms with Crippen LogP contribution in [-0.4, -0.2) is 20.1 Å². The maximum absolute atomic E-state index is 12.8. The van der Waals surface area contributed by atoms with Gasteiger partial charge in [-0.25, -0.2) is 4.68 Å². The highest BCUT2D eigenvalue weighted by atomic mass is 35.5. The third-order valence-corrected chi connectivity index (χ3v) is 4.98. The molecule has 0 radical (unpaired) electrons. The van der Waals surface area contributed by atoms with E-state index in [1.54, 1.807) is 0 Å². The number of nitrogens with zero attached hydrogens (tertiary/aromatic N) is 3. The first-order valence-electron chi connectivity index (χ1n) is 8.00. The molecule has 2 heterocycles. The van der Waals surface area contributed by atoms with Gasteiger partial charge in [0.2, 0.25) is 0 Å². The van der Waals surface area contributed by atoms with E-state index in [0.717, 1.165) is 27.3 Å². The molecule has 0 atom stereocenters. The topological polar surface area (TPSA) is 56.9 Å². The van der Waals surface area contributed by atoms with Gasteiger partial charge in [0.15, 0.2) is 5.78 Å². The zero-order chi connectivity index (χ0) is 19.0. The lowest BCUT2D eigenvalue weighted by molar-refractivity contribution is 0.0965. The van der Waals surface area contributed by atoms with Gasteiger partial charge in [0.25, 0.3) is 5.56 Å². The molecule has 26 heavy (non-hydrogen) atoms. The molecule has 2 aromatic heterocycles. The van der Waals surface area contributed by atoms with Crippen molar-refractivity contribution in [2.75, 3.05) is 0 Å². The van der Waals surface area contributed by atoms with Crippen LogP contribution in [0.5, 0.6) is 0 Å². The van der Waals surface area contributed by atoms with E-state index in [1.807, 2.05) is 49.6 Å². The first kappa shape index (κ1) is 18.4. The highest BCUT2D eigenvalue weighted by molar-refractivity contribution is 6.41. The molecule has 0 saturated heterocycles. The van der Waals surface area contributed by atoms with Crippen LogP contribution in [0.1, 0.15) is 27.3 Å². The first-order chi connectivity index (χ1) is 12.3. The predicted molar refractivity (Wildman–Crippen MR) is 103 cm³/mol. The lowest BCUT2D eigenvalue weighted by atomic mass is 10.1. The maximum atomic E-state index is 12.8. The van der Waals surface area contributed by atoms with Crippen molar-refractivity contribution in [1.82, 2.24) is 14.3 Å². The van der Waals surface area contributed by atoms with Crippen LogP contribution in [0.3, 0.4) is 0 Å². The summed E-state index contributed by atoms with van der Waals surface area (Å²) in [5.41, 5.74) is 3.83. The zero-order valence-corrected chi connectivity index (χ0v) is 16.1. The number of hydrogen-bond acceptors (Lipinski definition) is 3. The van der Waals surface area contributed by atoms with E-state index in [4.69, 9.17) is 23.2 Å². The molecule has 0 N–H and O–H groups in total. The Morgan fingerprint density at radius 1 is 1.15 bits per heavy atom. The van der Waals surface area contributed by atoms with Crippen molar-refractivity contribution >= 4 is 29.0 Å². The third-order valence-electron chi connectivity index (χ3n) is 4.23. The second-order valence-corrected chi connectivity index (χ2v) is 6.94. The Morgan fingerprint density at radius 3 is 2.58 bits per heavy atom. The average Bonchev–Trinajstić information content (AvgIpc) is 2.90. The lowest BCUT2D eigenvalue weighted by Crippen LogP contribution is -2.27. The summed E-state index contributed by atoms with van der Waals surface area (Å²) in [6.07, 6.45) is 1.26. The summed E-state index contributed by atoms with van der Waals surface area (Å²) in [6.45, 7) is 5.64. The van der Waals surface area contributed by atoms with Crippen molar-refractivity contribution in [2.45, 2.75) is 27.3 Å². The minimum Gasteiger partial charge on any atom is -0.318 e. The van der Waals surface area contributed by atoms with Crippen molar-refractivity contribution in [1.29, 1.82) is 0 Å². The molecule has 0 fully saturated rings. The molecule has 0 amide bonds. The van der Waals surface area contributed by atoms with E-state index in [0.29, 0.717) is 5.56 Å². The van der Waals surface area contributed by atoms with Crippen molar-refractivity contribution < 1.29 is 4.79 Å². The fourth-order valence-electron chi connectivity index (χ4n) is 2.99. The Bertz CT molecular complexity index is 1070. The number of carbonyl (C=O) groups is 1. The maximum Gasteiger partial charge on any atom is 0.287 e. The number of benzene rings is 1. The molecular formula is C19H17Cl2N3O2. The number of hydrogen-bond donors (Lipinski definition) is 0. The number of aromatic nitrogens is 3. The number of aryl methyl sites for hydroxylation is 2. The molecule has 0 aliphatic heterocycles. The molecule has 0 unspecified atom stereocenters. The van der Waals surface area contributed by atoms with Gasteiger partial charge in [-0.3, -0.25) is 9.59 Å². The summed E-state index contributed by atoms with van der Waals surface area (Å²) in [5, 5.41) is 3.82. The second kappa shape index (κ2) is 7.09. The average molecular weight is 390 g/mol. The highest BCUT2D eigenvalue weighted by Crippen LogP contribution is 2.22. The smallest absolute Gasteiger partial charge is 0.287 e. The van der Waals surface area contributed by atoms with Gasteiger partial charge < -0.3 is 4.57 Å². The fraction of sp³-hybridized carbons (Fsp3) is 0.211. The van der Waals surface area contributed by atoms with E-state index < -0.39 is 5.56 Å². The van der Waals surface area contributed by atoms with Crippen LogP contribution >= 0.6 is 23.2 Å². The SMILES string of the molecule is Cc1cccc(-n2c(C)cc(C(=O)Cn3ncc(Cl)c(Cl)c3=O)c2C)c1. The van der Waals surface area contributed by atoms with E-state index >= 15 is 0 Å². The van der Waals surface area contributed by atoms with Crippen molar-refractivity contribution in [3.8, 4) is 5.69 Å². The summed E-state index contributed by atoms with van der Waals surface area (Å²) in [6, 6.07) is 9.87. The molecular weight excluding hydrogens is 373 g/mol. The van der Waals surface area contributed by atoms with Gasteiger partial charge in [0.1, 0.15) is 11.6 Å². The standard InChI is InChI=1S/C19H17Cl2N3O2/c1-11-5-4-6-14(7-11)24-12(2)8-15(13(24)3)17(25)10-23-19(26)18(21)16(20)9-22-23/h4-9H,10H2,1-3H3. The number of halogens is 2. The van der Waals surface area contributed by atoms with Crippen LogP contribution in [0.25, 0.3) is 5.69 Å². The minimum absolute atomic E-state index is 0.0676. The summed E-state index contributed by atoms with van der Waals surface area (Å²) in [4.78, 5) is 24.9. The first-order valence-corrected chi connectivity index (χ1v) is 8.75. The number of carbonyl (C=O) groups excluding carboxylic acids is 1. The minimum atomic E-state index is -0.583. The summed E-state index contributed by atoms with van der Waals surface area (Å²) < 4.78 is 3.04. The zero-order valence-electron chi connectivity index (χ0n) is 14.6. The molecule has 3 aromatic rings. The van der Waals surface area contributed by atoms with Crippen LogP contribution in [0.4, 0.5) is 0 Å². The largest absolute Gasteiger partial charge is 0.318 e. The molecule has 0 saturated carbocycles. The van der Waals surface area contributed by atoms with Crippen LogP contribution in [0.2, 0.25) is 10.0 Å². The van der Waals surface area contributed by atoms with Crippen LogP contribution < -0.4 is 5.56 Å². The molecule has 0 bridgehead atoms. The van der Waals surface area contributed by atoms with Gasteiger partial charge in [-0.1, -0.05) is 35.3 Å². The highest BCUT2D eigenvalue weighted by Gasteiger charge is 2.19. The normalized spacial score (nSPS) is 11.0. The Morgan fingerprint density at radius 2 is 1.88 bits per heavy atom. The van der Waals surface area contributed by atoms with E-state index in [-0.39, 0.29) is 22.4 Å². The van der Waals surface area contributed by atoms with Gasteiger partial charge in [0.05, 0.1) is 11.2 Å². The number of ketones is 1. The van der Waals surface area contributed by atoms with Crippen molar-refractivity contribution in [3.05, 3.63) is 79.4 Å². The molecule has 5 nitrogen and oxygen atoms in total. The second-order valence-electron chi connectivity index (χ2n) is 6.15. The van der Waals surface area contributed by atoms with E-state index in [2.05, 4.69) is 11.2 Å². The van der Waals surface area contributed by atoms with Crippen molar-refractivity contribution in [2.24, 2.45) is 0 Å². The Balaban J connectivity index is 1.98. The molecule has 0 spiro atoms. The van der Waals surface area contributed by atoms with Crippen molar-refractivity contribution in [3.63, 3.8) is 0 Å². The van der Waals surface area contributed by atoms with E-state index in [1.165, 1.54) is 6.20 Å². The fourth-order valence-corrected chi connectivity index (χ4v) is 3.26. The third kappa shape index (κ3) is 3.32. The predicted octanol–water partition coefficient (Wildman–Crippen LogP) is 4.15. The monoisotopic (exact) mass is 389 g/mol. The van der Waals surface area contributed by atoms with Gasteiger partial charge in [-0.2, -0.15) is 5.10 Å². The molecule has 3 rings (SSSR count). The van der Waals surface area contributed by atoms with E-state index in [9.17, 15) is 9.59 Å². The lowest BCUT2D eigenvalue weighted by Gasteiger charge is -2.11. The Labute approximate surface area is 160 Å². The molecule has 7 heteroatoms. The van der Waals surface area contributed by atoms with Gasteiger partial charge in [-0.05, 0) is 44.5 Å². The summed E-state index contributed by atoms with van der Waals surface area (Å²) in [5.74, 6) is -0.218. The Kier molecular flexibility index (Phi) is 5.03. The molecule has 1 aromatic carbocycles. The van der Waals surface area contributed by atoms with Crippen LogP contribution in [-0.2, 0) is 6.54 Å². The quantitative estimate of drug-likeness (QED) is 0.629. The van der Waals surface area contributed by atoms with Gasteiger partial charge in [-0.15, -0.1) is 0 Å². The molecule has 0 aliphatic rings. The summed E-state index contributed by atoms with van der Waals surface area (Å²) in [7, 11) is 0. The summed E-state index contributed by atoms with van der Waals surface area (Å²) >= 11 is 11.6. The molecule has 134 valence electrons.